The van der Waals surface area contributed by atoms with Gasteiger partial charge in [-0.15, -0.1) is 0 Å². The summed E-state index contributed by atoms with van der Waals surface area (Å²) >= 11 is 0. The van der Waals surface area contributed by atoms with Crippen LogP contribution >= 0.6 is 0 Å². The number of hydrogen-bond acceptors (Lipinski definition) is 3. The highest BCUT2D eigenvalue weighted by Crippen LogP contribution is 2.13. The first-order chi connectivity index (χ1) is 8.56. The Morgan fingerprint density at radius 1 is 1.33 bits per heavy atom. The van der Waals surface area contributed by atoms with Gasteiger partial charge in [0.1, 0.15) is 17.7 Å². The summed E-state index contributed by atoms with van der Waals surface area (Å²) in [5.74, 6) is -2.07. The van der Waals surface area contributed by atoms with Gasteiger partial charge in [-0.1, -0.05) is 0 Å². The van der Waals surface area contributed by atoms with Gasteiger partial charge in [-0.3, -0.25) is 4.79 Å². The highest BCUT2D eigenvalue weighted by Gasteiger charge is 2.19. The number of ether oxygens (including phenoxy) is 2. The first-order valence-corrected chi connectivity index (χ1v) is 5.66. The molecule has 100 valence electrons. The van der Waals surface area contributed by atoms with Crippen molar-refractivity contribution in [2.45, 2.75) is 19.4 Å². The van der Waals surface area contributed by atoms with Gasteiger partial charge in [0.2, 0.25) is 0 Å². The predicted octanol–water partition coefficient (Wildman–Crippen LogP) is 2.59. The van der Waals surface area contributed by atoms with Crippen molar-refractivity contribution in [1.82, 2.24) is 0 Å². The molecule has 3 nitrogen and oxygen atoms in total. The SMILES string of the molecule is COCCCOC(C)C(=O)c1ccc(F)cc1F. The van der Waals surface area contributed by atoms with E-state index in [0.717, 1.165) is 12.1 Å². The number of carbonyl (C=O) groups excluding carboxylic acids is 1. The molecule has 5 heteroatoms. The van der Waals surface area contributed by atoms with E-state index in [1.165, 1.54) is 6.92 Å². The summed E-state index contributed by atoms with van der Waals surface area (Å²) in [4.78, 5) is 11.8. The fourth-order valence-corrected chi connectivity index (χ4v) is 1.45. The molecule has 0 amide bonds. The maximum Gasteiger partial charge on any atom is 0.194 e. The zero-order valence-electron chi connectivity index (χ0n) is 10.4. The van der Waals surface area contributed by atoms with Crippen molar-refractivity contribution in [3.63, 3.8) is 0 Å². The molecule has 0 aliphatic carbocycles. The number of methoxy groups -OCH3 is 1. The molecule has 1 rings (SSSR count). The predicted molar refractivity (Wildman–Crippen MR) is 62.6 cm³/mol. The van der Waals surface area contributed by atoms with Crippen molar-refractivity contribution in [3.05, 3.63) is 35.4 Å². The zero-order chi connectivity index (χ0) is 13.5. The molecule has 1 atom stereocenters. The fourth-order valence-electron chi connectivity index (χ4n) is 1.45. The van der Waals surface area contributed by atoms with E-state index in [1.54, 1.807) is 7.11 Å². The molecule has 0 spiro atoms. The Labute approximate surface area is 105 Å². The third-order valence-electron chi connectivity index (χ3n) is 2.43. The van der Waals surface area contributed by atoms with Crippen LogP contribution in [0.3, 0.4) is 0 Å². The number of rotatable bonds is 7. The van der Waals surface area contributed by atoms with E-state index >= 15 is 0 Å². The van der Waals surface area contributed by atoms with Gasteiger partial charge < -0.3 is 9.47 Å². The lowest BCUT2D eigenvalue weighted by Gasteiger charge is -2.12. The molecule has 0 aromatic heterocycles. The summed E-state index contributed by atoms with van der Waals surface area (Å²) < 4.78 is 36.2. The second-order valence-electron chi connectivity index (χ2n) is 3.85. The van der Waals surface area contributed by atoms with Crippen molar-refractivity contribution in [1.29, 1.82) is 0 Å². The molecule has 0 radical (unpaired) electrons. The van der Waals surface area contributed by atoms with Crippen LogP contribution in [0.2, 0.25) is 0 Å². The maximum atomic E-state index is 13.4. The summed E-state index contributed by atoms with van der Waals surface area (Å²) in [7, 11) is 1.57. The number of hydrogen-bond donors (Lipinski definition) is 0. The monoisotopic (exact) mass is 258 g/mol. The van der Waals surface area contributed by atoms with Crippen LogP contribution in [-0.4, -0.2) is 32.2 Å². The first kappa shape index (κ1) is 14.7. The normalized spacial score (nSPS) is 12.4. The van der Waals surface area contributed by atoms with Gasteiger partial charge in [-0.25, -0.2) is 8.78 Å². The van der Waals surface area contributed by atoms with Gasteiger partial charge >= 0.3 is 0 Å². The molecule has 0 fully saturated rings. The summed E-state index contributed by atoms with van der Waals surface area (Å²) in [6.07, 6.45) is -0.109. The Hall–Kier alpha value is -1.33. The van der Waals surface area contributed by atoms with Crippen molar-refractivity contribution >= 4 is 5.78 Å². The van der Waals surface area contributed by atoms with E-state index in [4.69, 9.17) is 9.47 Å². The third kappa shape index (κ3) is 4.16. The van der Waals surface area contributed by atoms with E-state index in [-0.39, 0.29) is 5.56 Å². The van der Waals surface area contributed by atoms with Gasteiger partial charge in [-0.2, -0.15) is 0 Å². The minimum absolute atomic E-state index is 0.157. The summed E-state index contributed by atoms with van der Waals surface area (Å²) in [6.45, 7) is 2.42. The molecule has 18 heavy (non-hydrogen) atoms. The number of benzene rings is 1. The Kier molecular flexibility index (Phi) is 5.88. The molecule has 1 unspecified atom stereocenters. The number of Topliss-reactive ketones (excluding diaryl/α,β-unsaturated/α-hetero) is 1. The average molecular weight is 258 g/mol. The lowest BCUT2D eigenvalue weighted by Crippen LogP contribution is -2.23. The molecule has 0 aliphatic heterocycles. The van der Waals surface area contributed by atoms with Gasteiger partial charge in [0.15, 0.2) is 5.78 Å². The molecule has 0 aliphatic rings. The van der Waals surface area contributed by atoms with Crippen LogP contribution in [0, 0.1) is 11.6 Å². The number of ketones is 1. The Balaban J connectivity index is 2.57. The van der Waals surface area contributed by atoms with Gasteiger partial charge in [0.05, 0.1) is 5.56 Å². The van der Waals surface area contributed by atoms with Gasteiger partial charge in [-0.05, 0) is 25.5 Å². The van der Waals surface area contributed by atoms with Crippen molar-refractivity contribution in [2.24, 2.45) is 0 Å². The first-order valence-electron chi connectivity index (χ1n) is 5.66. The smallest absolute Gasteiger partial charge is 0.194 e. The molecule has 0 heterocycles. The molecule has 0 saturated heterocycles. The molecule has 1 aromatic rings. The maximum absolute atomic E-state index is 13.4. The lowest BCUT2D eigenvalue weighted by molar-refractivity contribution is 0.0401. The Morgan fingerprint density at radius 2 is 2.06 bits per heavy atom. The van der Waals surface area contributed by atoms with E-state index in [1.807, 2.05) is 0 Å². The van der Waals surface area contributed by atoms with Crippen LogP contribution in [0.15, 0.2) is 18.2 Å². The summed E-state index contributed by atoms with van der Waals surface area (Å²) in [6, 6.07) is 2.86. The number of carbonyl (C=O) groups is 1. The molecule has 0 N–H and O–H groups in total. The molecule has 1 aromatic carbocycles. The van der Waals surface area contributed by atoms with Crippen LogP contribution in [0.5, 0.6) is 0 Å². The average Bonchev–Trinajstić information content (AvgIpc) is 2.33. The molecule has 0 bridgehead atoms. The minimum atomic E-state index is -0.868. The third-order valence-corrected chi connectivity index (χ3v) is 2.43. The molecule has 0 saturated carbocycles. The minimum Gasteiger partial charge on any atom is -0.385 e. The molecular formula is C13H16F2O3. The summed E-state index contributed by atoms with van der Waals surface area (Å²) in [5.41, 5.74) is -0.157. The van der Waals surface area contributed by atoms with Crippen LogP contribution in [-0.2, 0) is 9.47 Å². The van der Waals surface area contributed by atoms with Crippen molar-refractivity contribution < 1.29 is 23.0 Å². The fraction of sp³-hybridized carbons (Fsp3) is 0.462. The Bertz CT molecular complexity index is 407. The second-order valence-corrected chi connectivity index (χ2v) is 3.85. The van der Waals surface area contributed by atoms with E-state index < -0.39 is 23.5 Å². The molecular weight excluding hydrogens is 242 g/mol. The van der Waals surface area contributed by atoms with Gasteiger partial charge in [0, 0.05) is 26.4 Å². The van der Waals surface area contributed by atoms with Gasteiger partial charge in [0.25, 0.3) is 0 Å². The second kappa shape index (κ2) is 7.18. The zero-order valence-corrected chi connectivity index (χ0v) is 10.4. The van der Waals surface area contributed by atoms with Crippen LogP contribution in [0.25, 0.3) is 0 Å². The lowest BCUT2D eigenvalue weighted by atomic mass is 10.1. The van der Waals surface area contributed by atoms with Crippen LogP contribution < -0.4 is 0 Å². The quantitative estimate of drug-likeness (QED) is 0.557. The van der Waals surface area contributed by atoms with Crippen molar-refractivity contribution in [3.8, 4) is 0 Å². The summed E-state index contributed by atoms with van der Waals surface area (Å²) in [5, 5.41) is 0. The van der Waals surface area contributed by atoms with Crippen molar-refractivity contribution in [2.75, 3.05) is 20.3 Å². The topological polar surface area (TPSA) is 35.5 Å². The van der Waals surface area contributed by atoms with Crippen LogP contribution in [0.1, 0.15) is 23.7 Å². The standard InChI is InChI=1S/C13H16F2O3/c1-9(18-7-3-6-17-2)13(16)11-5-4-10(14)8-12(11)15/h4-5,8-9H,3,6-7H2,1-2H3. The largest absolute Gasteiger partial charge is 0.385 e. The van der Waals surface area contributed by atoms with Crippen LogP contribution in [0.4, 0.5) is 8.78 Å². The van der Waals surface area contributed by atoms with E-state index in [2.05, 4.69) is 0 Å². The van der Waals surface area contributed by atoms with E-state index in [9.17, 15) is 13.6 Å². The highest BCUT2D eigenvalue weighted by molar-refractivity contribution is 5.99. The highest BCUT2D eigenvalue weighted by atomic mass is 19.1. The Morgan fingerprint density at radius 3 is 2.67 bits per heavy atom. The number of halogens is 2. The van der Waals surface area contributed by atoms with E-state index in [0.29, 0.717) is 25.7 Å².